The van der Waals surface area contributed by atoms with Crippen molar-refractivity contribution in [3.05, 3.63) is 36.1 Å². The lowest BCUT2D eigenvalue weighted by atomic mass is 10.3. The summed E-state index contributed by atoms with van der Waals surface area (Å²) in [7, 11) is 0. The van der Waals surface area contributed by atoms with Gasteiger partial charge in [0.25, 0.3) is 0 Å². The van der Waals surface area contributed by atoms with E-state index in [1.807, 2.05) is 38.6 Å². The molecule has 0 bridgehead atoms. The van der Waals surface area contributed by atoms with E-state index in [2.05, 4.69) is 18.9 Å². The molecule has 18 heavy (non-hydrogen) atoms. The highest BCUT2D eigenvalue weighted by Crippen LogP contribution is 2.17. The third-order valence-corrected chi connectivity index (χ3v) is 1.94. The van der Waals surface area contributed by atoms with E-state index in [0.29, 0.717) is 0 Å². The number of aliphatic hydroxyl groups is 1. The van der Waals surface area contributed by atoms with Gasteiger partial charge in [0.15, 0.2) is 0 Å². The van der Waals surface area contributed by atoms with Crippen molar-refractivity contribution in [2.24, 2.45) is 0 Å². The van der Waals surface area contributed by atoms with Gasteiger partial charge in [-0.25, -0.2) is 0 Å². The van der Waals surface area contributed by atoms with Gasteiger partial charge in [-0.2, -0.15) is 24.9 Å². The quantitative estimate of drug-likeness (QED) is 0.544. The van der Waals surface area contributed by atoms with Crippen molar-refractivity contribution in [3.63, 3.8) is 0 Å². The standard InChI is InChI=1S/C7H12S.C4H5F3O.C2H6/c1-4-7(5-2)6-8-3;1-3(8)2-4(5,6)7;1-2/h4-5H,1,6H2,2-3H3;2,8H,1H3;1-2H3/b7-5+;3-2-;. The average Bonchev–Trinajstić information content (AvgIpc) is 2.26. The Morgan fingerprint density at radius 3 is 1.83 bits per heavy atom. The minimum atomic E-state index is -4.39. The molecule has 0 aliphatic heterocycles. The third-order valence-electron chi connectivity index (χ3n) is 1.32. The lowest BCUT2D eigenvalue weighted by Gasteiger charge is -1.96. The SMILES string of the molecule is C/C(O)=C/C(F)(F)F.C=C/C(=C\C)CSC.CC. The zero-order valence-electron chi connectivity index (χ0n) is 11.6. The molecule has 0 aromatic carbocycles. The van der Waals surface area contributed by atoms with Gasteiger partial charge in [-0.15, -0.1) is 0 Å². The fraction of sp³-hybridized carbons (Fsp3) is 0.538. The monoisotopic (exact) mass is 284 g/mol. The minimum absolute atomic E-state index is 0.174. The van der Waals surface area contributed by atoms with Crippen LogP contribution in [0.25, 0.3) is 0 Å². The molecule has 0 aliphatic rings. The highest BCUT2D eigenvalue weighted by Gasteiger charge is 2.23. The van der Waals surface area contributed by atoms with Crippen LogP contribution in [0.3, 0.4) is 0 Å². The number of halogens is 3. The molecule has 0 heterocycles. The lowest BCUT2D eigenvalue weighted by molar-refractivity contribution is -0.0820. The Labute approximate surface area is 112 Å². The summed E-state index contributed by atoms with van der Waals surface area (Å²) in [6.45, 7) is 10.7. The first-order chi connectivity index (χ1) is 8.26. The maximum atomic E-state index is 11.1. The van der Waals surface area contributed by atoms with Gasteiger partial charge in [-0.05, 0) is 25.7 Å². The highest BCUT2D eigenvalue weighted by molar-refractivity contribution is 7.98. The normalized spacial score (nSPS) is 11.8. The average molecular weight is 284 g/mol. The number of allylic oxidation sites excluding steroid dienone is 4. The molecule has 108 valence electrons. The van der Waals surface area contributed by atoms with Crippen LogP contribution in [-0.2, 0) is 0 Å². The number of thioether (sulfide) groups is 1. The Morgan fingerprint density at radius 1 is 1.33 bits per heavy atom. The van der Waals surface area contributed by atoms with Gasteiger partial charge in [0.2, 0.25) is 0 Å². The molecule has 0 aromatic rings. The maximum absolute atomic E-state index is 11.1. The molecule has 0 saturated carbocycles. The summed E-state index contributed by atoms with van der Waals surface area (Å²) < 4.78 is 33.2. The first kappa shape index (κ1) is 22.3. The second kappa shape index (κ2) is 14.2. The van der Waals surface area contributed by atoms with E-state index in [1.165, 1.54) is 5.57 Å². The molecule has 0 atom stereocenters. The Bertz CT molecular complexity index is 251. The molecule has 1 nitrogen and oxygen atoms in total. The van der Waals surface area contributed by atoms with E-state index in [-0.39, 0.29) is 6.08 Å². The van der Waals surface area contributed by atoms with Gasteiger partial charge in [0, 0.05) is 5.75 Å². The summed E-state index contributed by atoms with van der Waals surface area (Å²) in [6.07, 6.45) is 1.51. The molecule has 0 aromatic heterocycles. The van der Waals surface area contributed by atoms with Crippen LogP contribution in [0, 0.1) is 0 Å². The van der Waals surface area contributed by atoms with E-state index >= 15 is 0 Å². The van der Waals surface area contributed by atoms with E-state index in [4.69, 9.17) is 5.11 Å². The van der Waals surface area contributed by atoms with Crippen molar-refractivity contribution in [1.82, 2.24) is 0 Å². The molecule has 0 unspecified atom stereocenters. The maximum Gasteiger partial charge on any atom is 0.412 e. The molecule has 0 radical (unpaired) electrons. The number of rotatable bonds is 3. The Kier molecular flexibility index (Phi) is 17.7. The van der Waals surface area contributed by atoms with E-state index in [0.717, 1.165) is 12.7 Å². The van der Waals surface area contributed by atoms with Crippen molar-refractivity contribution in [2.75, 3.05) is 12.0 Å². The molecule has 1 N–H and O–H groups in total. The van der Waals surface area contributed by atoms with Crippen LogP contribution >= 0.6 is 11.8 Å². The lowest BCUT2D eigenvalue weighted by Crippen LogP contribution is -2.01. The third kappa shape index (κ3) is 24.4. The van der Waals surface area contributed by atoms with Gasteiger partial charge < -0.3 is 5.11 Å². The predicted molar refractivity (Wildman–Crippen MR) is 76.1 cm³/mol. The summed E-state index contributed by atoms with van der Waals surface area (Å²) in [5.74, 6) is 0.359. The summed E-state index contributed by atoms with van der Waals surface area (Å²) in [4.78, 5) is 0. The van der Waals surface area contributed by atoms with Crippen LogP contribution in [0.15, 0.2) is 36.1 Å². The largest absolute Gasteiger partial charge is 0.513 e. The van der Waals surface area contributed by atoms with Crippen LogP contribution in [0.2, 0.25) is 0 Å². The number of aliphatic hydroxyl groups excluding tert-OH is 1. The molecule has 0 aliphatic carbocycles. The Hall–Kier alpha value is -0.840. The van der Waals surface area contributed by atoms with Crippen LogP contribution in [0.4, 0.5) is 13.2 Å². The fourth-order valence-corrected chi connectivity index (χ4v) is 1.28. The fourth-order valence-electron chi connectivity index (χ4n) is 0.664. The molecular formula is C13H23F3OS. The molecule has 0 spiro atoms. The zero-order valence-corrected chi connectivity index (χ0v) is 12.5. The van der Waals surface area contributed by atoms with Crippen LogP contribution in [0.5, 0.6) is 0 Å². The van der Waals surface area contributed by atoms with Crippen molar-refractivity contribution in [2.45, 2.75) is 33.9 Å². The molecule has 5 heteroatoms. The Morgan fingerprint density at radius 2 is 1.78 bits per heavy atom. The van der Waals surface area contributed by atoms with Gasteiger partial charge >= 0.3 is 6.18 Å². The first-order valence-electron chi connectivity index (χ1n) is 5.48. The van der Waals surface area contributed by atoms with Crippen molar-refractivity contribution < 1.29 is 18.3 Å². The van der Waals surface area contributed by atoms with Gasteiger partial charge in [0.05, 0.1) is 11.8 Å². The van der Waals surface area contributed by atoms with Crippen molar-refractivity contribution in [3.8, 4) is 0 Å². The molecular weight excluding hydrogens is 261 g/mol. The van der Waals surface area contributed by atoms with Crippen LogP contribution < -0.4 is 0 Å². The summed E-state index contributed by atoms with van der Waals surface area (Å²) in [6, 6.07) is 0. The number of hydrogen-bond acceptors (Lipinski definition) is 2. The van der Waals surface area contributed by atoms with Gasteiger partial charge in [-0.3, -0.25) is 0 Å². The van der Waals surface area contributed by atoms with Gasteiger partial charge in [0.1, 0.15) is 0 Å². The van der Waals surface area contributed by atoms with Gasteiger partial charge in [-0.1, -0.05) is 32.6 Å². The van der Waals surface area contributed by atoms with Crippen LogP contribution in [-0.4, -0.2) is 23.3 Å². The summed E-state index contributed by atoms with van der Waals surface area (Å²) in [5.41, 5.74) is 1.32. The second-order valence-electron chi connectivity index (χ2n) is 2.83. The Balaban J connectivity index is -0.000000219. The van der Waals surface area contributed by atoms with E-state index in [1.54, 1.807) is 0 Å². The van der Waals surface area contributed by atoms with Crippen molar-refractivity contribution >= 4 is 11.8 Å². The molecule has 0 amide bonds. The number of alkyl halides is 3. The minimum Gasteiger partial charge on any atom is -0.513 e. The summed E-state index contributed by atoms with van der Waals surface area (Å²) >= 11 is 1.82. The van der Waals surface area contributed by atoms with E-state index < -0.39 is 11.9 Å². The zero-order chi connectivity index (χ0) is 15.2. The smallest absolute Gasteiger partial charge is 0.412 e. The molecule has 0 rings (SSSR count). The topological polar surface area (TPSA) is 20.2 Å². The van der Waals surface area contributed by atoms with Crippen molar-refractivity contribution in [1.29, 1.82) is 0 Å². The highest BCUT2D eigenvalue weighted by atomic mass is 32.2. The predicted octanol–water partition coefficient (Wildman–Crippen LogP) is 5.52. The van der Waals surface area contributed by atoms with Crippen LogP contribution in [0.1, 0.15) is 27.7 Å². The molecule has 0 saturated heterocycles. The summed E-state index contributed by atoms with van der Waals surface area (Å²) in [5, 5.41) is 8.03. The van der Waals surface area contributed by atoms with E-state index in [9.17, 15) is 13.2 Å². The second-order valence-corrected chi connectivity index (χ2v) is 3.69. The first-order valence-corrected chi connectivity index (χ1v) is 6.88. The number of hydrogen-bond donors (Lipinski definition) is 1. The molecule has 0 fully saturated rings.